The first-order valence-corrected chi connectivity index (χ1v) is 12.9. The van der Waals surface area contributed by atoms with Crippen molar-refractivity contribution >= 4 is 5.78 Å². The summed E-state index contributed by atoms with van der Waals surface area (Å²) < 4.78 is 0. The molecule has 0 aliphatic heterocycles. The summed E-state index contributed by atoms with van der Waals surface area (Å²) in [5.41, 5.74) is 0.609. The Morgan fingerprint density at radius 3 is 2.38 bits per heavy atom. The van der Waals surface area contributed by atoms with Gasteiger partial charge in [0.15, 0.2) is 0 Å². The highest BCUT2D eigenvalue weighted by atomic mass is 16.3. The minimum absolute atomic E-state index is 0.129. The third-order valence-electron chi connectivity index (χ3n) is 10.6. The van der Waals surface area contributed by atoms with Crippen molar-refractivity contribution in [3.63, 3.8) is 0 Å². The van der Waals surface area contributed by atoms with Gasteiger partial charge >= 0.3 is 0 Å². The van der Waals surface area contributed by atoms with Gasteiger partial charge in [-0.25, -0.2) is 0 Å². The lowest BCUT2D eigenvalue weighted by Crippen LogP contribution is -2.57. The summed E-state index contributed by atoms with van der Waals surface area (Å²) in [4.78, 5) is 13.2. The molecule has 0 heterocycles. The van der Waals surface area contributed by atoms with Crippen LogP contribution in [0, 0.1) is 52.3 Å². The van der Waals surface area contributed by atoms with E-state index in [9.17, 15) is 9.90 Å². The summed E-state index contributed by atoms with van der Waals surface area (Å²) in [6.07, 6.45) is 12.8. The fourth-order valence-electron chi connectivity index (χ4n) is 9.04. The van der Waals surface area contributed by atoms with E-state index < -0.39 is 0 Å². The summed E-state index contributed by atoms with van der Waals surface area (Å²) in [5, 5.41) is 10.2. The van der Waals surface area contributed by atoms with Crippen molar-refractivity contribution in [2.24, 2.45) is 52.3 Å². The summed E-state index contributed by atoms with van der Waals surface area (Å²) in [6.45, 7) is 12.2. The van der Waals surface area contributed by atoms with Crippen molar-refractivity contribution in [3.8, 4) is 0 Å². The molecule has 0 amide bonds. The predicted octanol–water partition coefficient (Wildman–Crippen LogP) is 6.65. The topological polar surface area (TPSA) is 37.3 Å². The van der Waals surface area contributed by atoms with Crippen molar-refractivity contribution < 1.29 is 9.90 Å². The fraction of sp³-hybridized carbons (Fsp3) is 0.963. The summed E-state index contributed by atoms with van der Waals surface area (Å²) >= 11 is 0. The van der Waals surface area contributed by atoms with Crippen molar-refractivity contribution in [1.29, 1.82) is 0 Å². The number of ketones is 1. The number of aliphatic hydroxyl groups excluding tert-OH is 1. The number of fused-ring (bicyclic) bond motifs is 5. The molecule has 0 aromatic carbocycles. The van der Waals surface area contributed by atoms with E-state index in [0.717, 1.165) is 49.4 Å². The maximum Gasteiger partial charge on any atom is 0.136 e. The molecule has 0 aromatic rings. The lowest BCUT2D eigenvalue weighted by atomic mass is 9.44. The molecule has 1 N–H and O–H groups in total. The molecule has 29 heavy (non-hydrogen) atoms. The standard InChI is InChI=1S/C27H46O2/c1-17(2)7-6-8-18(3)21-9-10-22-20-16-25(29)24-15-19(28)11-13-27(24,5)23(20)12-14-26(21,22)4/h17-24,28H,6-16H2,1-5H3/t18-,19+,20-,21+,22-,23-,24-,26+,27-/m1/s1. The molecule has 4 rings (SSSR count). The van der Waals surface area contributed by atoms with Crippen LogP contribution in [0.3, 0.4) is 0 Å². The number of rotatable bonds is 5. The van der Waals surface area contributed by atoms with Gasteiger partial charge in [0.1, 0.15) is 5.78 Å². The van der Waals surface area contributed by atoms with Gasteiger partial charge in [-0.05, 0) is 91.3 Å². The first-order chi connectivity index (χ1) is 13.7. The predicted molar refractivity (Wildman–Crippen MR) is 119 cm³/mol. The normalized spacial score (nSPS) is 48.2. The van der Waals surface area contributed by atoms with E-state index in [4.69, 9.17) is 0 Å². The molecule has 4 aliphatic rings. The number of hydrogen-bond acceptors (Lipinski definition) is 2. The SMILES string of the molecule is CC(C)CCC[C@@H](C)[C@@H]1CC[C@@H]2[C@H]3CC(=O)[C@H]4C[C@@H](O)CC[C@]4(C)[C@@H]3CC[C@]21C. The van der Waals surface area contributed by atoms with E-state index in [2.05, 4.69) is 34.6 Å². The molecule has 0 saturated heterocycles. The van der Waals surface area contributed by atoms with Crippen LogP contribution < -0.4 is 0 Å². The van der Waals surface area contributed by atoms with Crippen molar-refractivity contribution in [2.45, 2.75) is 111 Å². The van der Waals surface area contributed by atoms with Crippen LogP contribution in [0.25, 0.3) is 0 Å². The van der Waals surface area contributed by atoms with Crippen LogP contribution in [0.2, 0.25) is 0 Å². The average Bonchev–Trinajstić information content (AvgIpc) is 3.00. The maximum absolute atomic E-state index is 13.2. The van der Waals surface area contributed by atoms with Crippen LogP contribution in [-0.2, 0) is 4.79 Å². The van der Waals surface area contributed by atoms with Crippen molar-refractivity contribution in [2.75, 3.05) is 0 Å². The molecule has 0 aromatic heterocycles. The molecule has 0 unspecified atom stereocenters. The first kappa shape index (κ1) is 21.8. The molecule has 4 saturated carbocycles. The smallest absolute Gasteiger partial charge is 0.136 e. The maximum atomic E-state index is 13.2. The van der Waals surface area contributed by atoms with E-state index in [-0.39, 0.29) is 17.4 Å². The Kier molecular flexibility index (Phi) is 5.99. The van der Waals surface area contributed by atoms with Crippen LogP contribution >= 0.6 is 0 Å². The lowest BCUT2D eigenvalue weighted by Gasteiger charge is -2.60. The Morgan fingerprint density at radius 2 is 1.66 bits per heavy atom. The Hall–Kier alpha value is -0.370. The minimum atomic E-state index is -0.245. The molecule has 0 radical (unpaired) electrons. The molecule has 4 aliphatic carbocycles. The summed E-state index contributed by atoms with van der Waals surface area (Å²) in [5.74, 6) is 5.21. The van der Waals surface area contributed by atoms with Crippen LogP contribution in [-0.4, -0.2) is 17.0 Å². The second-order valence-electron chi connectivity index (χ2n) is 12.6. The monoisotopic (exact) mass is 402 g/mol. The van der Waals surface area contributed by atoms with Crippen LogP contribution in [0.15, 0.2) is 0 Å². The fourth-order valence-corrected chi connectivity index (χ4v) is 9.04. The largest absolute Gasteiger partial charge is 0.393 e. The highest BCUT2D eigenvalue weighted by Gasteiger charge is 2.62. The zero-order chi connectivity index (χ0) is 21.0. The first-order valence-electron chi connectivity index (χ1n) is 12.9. The highest BCUT2D eigenvalue weighted by molar-refractivity contribution is 5.83. The van der Waals surface area contributed by atoms with E-state index in [1.165, 1.54) is 44.9 Å². The molecule has 166 valence electrons. The molecule has 0 spiro atoms. The van der Waals surface area contributed by atoms with E-state index in [1.807, 2.05) is 0 Å². The van der Waals surface area contributed by atoms with E-state index in [0.29, 0.717) is 23.0 Å². The van der Waals surface area contributed by atoms with Gasteiger partial charge in [-0.3, -0.25) is 4.79 Å². The summed E-state index contributed by atoms with van der Waals surface area (Å²) in [7, 11) is 0. The molecule has 4 fully saturated rings. The van der Waals surface area contributed by atoms with Gasteiger partial charge in [-0.2, -0.15) is 0 Å². The van der Waals surface area contributed by atoms with Crippen molar-refractivity contribution in [3.05, 3.63) is 0 Å². The van der Waals surface area contributed by atoms with Crippen LogP contribution in [0.4, 0.5) is 0 Å². The Bertz CT molecular complexity index is 612. The third kappa shape index (κ3) is 3.64. The van der Waals surface area contributed by atoms with Gasteiger partial charge in [0.2, 0.25) is 0 Å². The van der Waals surface area contributed by atoms with E-state index >= 15 is 0 Å². The van der Waals surface area contributed by atoms with Crippen molar-refractivity contribution in [1.82, 2.24) is 0 Å². The van der Waals surface area contributed by atoms with Gasteiger partial charge in [0.25, 0.3) is 0 Å². The molecule has 2 nitrogen and oxygen atoms in total. The van der Waals surface area contributed by atoms with Gasteiger partial charge in [-0.15, -0.1) is 0 Å². The average molecular weight is 403 g/mol. The second-order valence-corrected chi connectivity index (χ2v) is 12.6. The zero-order valence-corrected chi connectivity index (χ0v) is 19.8. The van der Waals surface area contributed by atoms with Gasteiger partial charge in [0, 0.05) is 12.3 Å². The quantitative estimate of drug-likeness (QED) is 0.559. The Balaban J connectivity index is 1.50. The zero-order valence-electron chi connectivity index (χ0n) is 19.8. The minimum Gasteiger partial charge on any atom is -0.393 e. The molecule has 9 atom stereocenters. The van der Waals surface area contributed by atoms with Crippen LogP contribution in [0.5, 0.6) is 0 Å². The Morgan fingerprint density at radius 1 is 0.966 bits per heavy atom. The number of hydrogen-bond donors (Lipinski definition) is 1. The molecular formula is C27H46O2. The molecule has 2 heteroatoms. The Labute approximate surface area is 179 Å². The molecule has 0 bridgehead atoms. The number of carbonyl (C=O) groups is 1. The summed E-state index contributed by atoms with van der Waals surface area (Å²) in [6, 6.07) is 0. The highest BCUT2D eigenvalue weighted by Crippen LogP contribution is 2.67. The third-order valence-corrected chi connectivity index (χ3v) is 10.6. The second kappa shape index (κ2) is 7.95. The van der Waals surface area contributed by atoms with E-state index in [1.54, 1.807) is 0 Å². The number of aliphatic hydroxyl groups is 1. The lowest BCUT2D eigenvalue weighted by molar-refractivity contribution is -0.160. The number of carbonyl (C=O) groups excluding carboxylic acids is 1. The molecular weight excluding hydrogens is 356 g/mol. The number of Topliss-reactive ketones (excluding diaryl/α,β-unsaturated/α-hetero) is 1. The van der Waals surface area contributed by atoms with Crippen LogP contribution in [0.1, 0.15) is 105 Å². The van der Waals surface area contributed by atoms with Gasteiger partial charge in [0.05, 0.1) is 6.10 Å². The van der Waals surface area contributed by atoms with Gasteiger partial charge < -0.3 is 5.11 Å². The van der Waals surface area contributed by atoms with Gasteiger partial charge in [-0.1, -0.05) is 53.9 Å².